The minimum Gasteiger partial charge on any atom is -0.507 e. The van der Waals surface area contributed by atoms with E-state index in [2.05, 4.69) is 51.8 Å². The highest BCUT2D eigenvalue weighted by atomic mass is 32.2. The van der Waals surface area contributed by atoms with Gasteiger partial charge in [-0.1, -0.05) is 26.8 Å². The molecule has 0 spiro atoms. The van der Waals surface area contributed by atoms with Gasteiger partial charge in [0.25, 0.3) is 0 Å². The van der Waals surface area contributed by atoms with Crippen molar-refractivity contribution >= 4 is 9.84 Å². The van der Waals surface area contributed by atoms with Crippen LogP contribution in [0.5, 0.6) is 5.75 Å². The SMILES string of the molecule is CC(C)(C)NCc1cc(C(C)(C)C)cc(-c2ccc(S(C)(=O)=O)nc2)c1O. The highest BCUT2D eigenvalue weighted by Gasteiger charge is 2.21. The van der Waals surface area contributed by atoms with E-state index in [0.717, 1.165) is 17.4 Å². The Hall–Kier alpha value is -1.92. The number of phenolic OH excluding ortho intramolecular Hbond substituents is 1. The van der Waals surface area contributed by atoms with E-state index < -0.39 is 9.84 Å². The van der Waals surface area contributed by atoms with Crippen molar-refractivity contribution in [3.8, 4) is 16.9 Å². The first kappa shape index (κ1) is 21.4. The van der Waals surface area contributed by atoms with Crippen molar-refractivity contribution in [2.45, 2.75) is 64.1 Å². The van der Waals surface area contributed by atoms with Crippen LogP contribution in [0.1, 0.15) is 52.7 Å². The Bertz CT molecular complexity index is 920. The van der Waals surface area contributed by atoms with Crippen molar-refractivity contribution in [1.29, 1.82) is 0 Å². The average Bonchev–Trinajstić information content (AvgIpc) is 2.51. The van der Waals surface area contributed by atoms with Gasteiger partial charge in [-0.05, 0) is 49.9 Å². The molecule has 1 aromatic carbocycles. The summed E-state index contributed by atoms with van der Waals surface area (Å²) in [5.74, 6) is 0.189. The third kappa shape index (κ3) is 5.53. The predicted octanol–water partition coefficient (Wildman–Crippen LogP) is 4.04. The molecule has 0 unspecified atom stereocenters. The van der Waals surface area contributed by atoms with Gasteiger partial charge >= 0.3 is 0 Å². The first-order chi connectivity index (χ1) is 12.2. The van der Waals surface area contributed by atoms with Crippen molar-refractivity contribution in [1.82, 2.24) is 10.3 Å². The largest absolute Gasteiger partial charge is 0.507 e. The molecule has 1 aromatic heterocycles. The van der Waals surface area contributed by atoms with Gasteiger partial charge in [-0.25, -0.2) is 13.4 Å². The zero-order chi connectivity index (χ0) is 20.6. The summed E-state index contributed by atoms with van der Waals surface area (Å²) in [7, 11) is -3.36. The minimum atomic E-state index is -3.36. The molecule has 1 heterocycles. The number of hydrogen-bond acceptors (Lipinski definition) is 5. The monoisotopic (exact) mass is 390 g/mol. The number of nitrogens with one attached hydrogen (secondary N) is 1. The van der Waals surface area contributed by atoms with Crippen LogP contribution in [0.3, 0.4) is 0 Å². The van der Waals surface area contributed by atoms with Crippen LogP contribution in [0.15, 0.2) is 35.5 Å². The second kappa shape index (κ2) is 7.24. The Labute approximate surface area is 162 Å². The molecule has 2 rings (SSSR count). The van der Waals surface area contributed by atoms with E-state index in [1.165, 1.54) is 12.3 Å². The first-order valence-corrected chi connectivity index (χ1v) is 10.9. The Morgan fingerprint density at radius 2 is 1.70 bits per heavy atom. The maximum atomic E-state index is 11.6. The molecule has 5 nitrogen and oxygen atoms in total. The van der Waals surface area contributed by atoms with Crippen molar-refractivity contribution in [3.05, 3.63) is 41.6 Å². The second-order valence-corrected chi connectivity index (χ2v) is 11.0. The third-order valence-electron chi connectivity index (χ3n) is 4.29. The summed E-state index contributed by atoms with van der Waals surface area (Å²) in [4.78, 5) is 4.06. The Morgan fingerprint density at radius 3 is 2.15 bits per heavy atom. The lowest BCUT2D eigenvalue weighted by molar-refractivity contribution is 0.411. The van der Waals surface area contributed by atoms with Crippen molar-refractivity contribution in [2.75, 3.05) is 6.26 Å². The number of aromatic nitrogens is 1. The molecular formula is C21H30N2O3S. The lowest BCUT2D eigenvalue weighted by atomic mass is 9.83. The highest BCUT2D eigenvalue weighted by Crippen LogP contribution is 2.37. The quantitative estimate of drug-likeness (QED) is 0.823. The Morgan fingerprint density at radius 1 is 1.07 bits per heavy atom. The van der Waals surface area contributed by atoms with E-state index in [1.807, 2.05) is 12.1 Å². The lowest BCUT2D eigenvalue weighted by Gasteiger charge is -2.25. The fourth-order valence-electron chi connectivity index (χ4n) is 2.60. The van der Waals surface area contributed by atoms with Gasteiger partial charge in [0.2, 0.25) is 0 Å². The van der Waals surface area contributed by atoms with Gasteiger partial charge in [0.05, 0.1) is 0 Å². The molecule has 0 atom stereocenters. The summed E-state index contributed by atoms with van der Waals surface area (Å²) in [5, 5.41) is 14.3. The van der Waals surface area contributed by atoms with Gasteiger partial charge < -0.3 is 10.4 Å². The molecule has 2 N–H and O–H groups in total. The van der Waals surface area contributed by atoms with Crippen LogP contribution in [0.2, 0.25) is 0 Å². The molecule has 27 heavy (non-hydrogen) atoms. The van der Waals surface area contributed by atoms with Crippen LogP contribution in [-0.4, -0.2) is 30.3 Å². The molecule has 0 bridgehead atoms. The van der Waals surface area contributed by atoms with Crippen molar-refractivity contribution in [3.63, 3.8) is 0 Å². The molecule has 0 amide bonds. The fourth-order valence-corrected chi connectivity index (χ4v) is 3.16. The predicted molar refractivity (Wildman–Crippen MR) is 110 cm³/mol. The van der Waals surface area contributed by atoms with E-state index in [9.17, 15) is 13.5 Å². The summed E-state index contributed by atoms with van der Waals surface area (Å²) in [6, 6.07) is 7.13. The number of hydrogen-bond donors (Lipinski definition) is 2. The van der Waals surface area contributed by atoms with Crippen LogP contribution >= 0.6 is 0 Å². The Balaban J connectivity index is 2.57. The first-order valence-electron chi connectivity index (χ1n) is 8.96. The zero-order valence-electron chi connectivity index (χ0n) is 17.2. The van der Waals surface area contributed by atoms with Crippen molar-refractivity contribution < 1.29 is 13.5 Å². The van der Waals surface area contributed by atoms with Crippen LogP contribution in [-0.2, 0) is 21.8 Å². The number of benzene rings is 1. The highest BCUT2D eigenvalue weighted by molar-refractivity contribution is 7.90. The van der Waals surface area contributed by atoms with Gasteiger partial charge in [-0.3, -0.25) is 0 Å². The molecule has 6 heteroatoms. The molecule has 0 radical (unpaired) electrons. The van der Waals surface area contributed by atoms with E-state index in [-0.39, 0.29) is 21.7 Å². The number of nitrogens with zero attached hydrogens (tertiary/aromatic N) is 1. The van der Waals surface area contributed by atoms with E-state index in [0.29, 0.717) is 17.7 Å². The number of pyridine rings is 1. The molecule has 148 valence electrons. The van der Waals surface area contributed by atoms with Gasteiger partial charge in [0, 0.05) is 41.2 Å². The molecule has 0 saturated carbocycles. The van der Waals surface area contributed by atoms with Gasteiger partial charge in [0.15, 0.2) is 14.9 Å². The van der Waals surface area contributed by atoms with Crippen LogP contribution in [0, 0.1) is 0 Å². The van der Waals surface area contributed by atoms with E-state index in [1.54, 1.807) is 6.07 Å². The standard InChI is InChI=1S/C21H30N2O3S/c1-20(2,3)16-10-15(13-23-21(4,5)6)19(24)17(11-16)14-8-9-18(22-12-14)27(7,25)26/h8-12,23-24H,13H2,1-7H3. The summed E-state index contributed by atoms with van der Waals surface area (Å²) >= 11 is 0. The number of aromatic hydroxyl groups is 1. The van der Waals surface area contributed by atoms with E-state index >= 15 is 0 Å². The van der Waals surface area contributed by atoms with Gasteiger partial charge in [0.1, 0.15) is 5.75 Å². The number of rotatable bonds is 4. The topological polar surface area (TPSA) is 79.3 Å². The molecular weight excluding hydrogens is 360 g/mol. The maximum absolute atomic E-state index is 11.6. The molecule has 0 fully saturated rings. The lowest BCUT2D eigenvalue weighted by Crippen LogP contribution is -2.35. The molecule has 2 aromatic rings. The van der Waals surface area contributed by atoms with Crippen molar-refractivity contribution in [2.24, 2.45) is 0 Å². The molecule has 0 saturated heterocycles. The molecule has 0 aliphatic heterocycles. The Kier molecular flexibility index (Phi) is 5.74. The summed E-state index contributed by atoms with van der Waals surface area (Å²) in [6.45, 7) is 13.1. The zero-order valence-corrected chi connectivity index (χ0v) is 18.0. The number of phenols is 1. The number of sulfone groups is 1. The second-order valence-electron chi connectivity index (χ2n) is 9.04. The fraction of sp³-hybridized carbons (Fsp3) is 0.476. The van der Waals surface area contributed by atoms with E-state index in [4.69, 9.17) is 0 Å². The summed E-state index contributed by atoms with van der Waals surface area (Å²) in [6.07, 6.45) is 2.63. The van der Waals surface area contributed by atoms with Gasteiger partial charge in [-0.2, -0.15) is 0 Å². The summed E-state index contributed by atoms with van der Waals surface area (Å²) < 4.78 is 23.3. The molecule has 0 aliphatic carbocycles. The molecule has 0 aliphatic rings. The van der Waals surface area contributed by atoms with Crippen LogP contribution in [0.4, 0.5) is 0 Å². The smallest absolute Gasteiger partial charge is 0.192 e. The van der Waals surface area contributed by atoms with Gasteiger partial charge in [-0.15, -0.1) is 0 Å². The maximum Gasteiger partial charge on any atom is 0.192 e. The minimum absolute atomic E-state index is 0.0207. The summed E-state index contributed by atoms with van der Waals surface area (Å²) in [5.41, 5.74) is 3.05. The third-order valence-corrected chi connectivity index (χ3v) is 5.29. The normalized spacial score (nSPS) is 13.0. The van der Waals surface area contributed by atoms with Crippen LogP contribution < -0.4 is 5.32 Å². The van der Waals surface area contributed by atoms with Crippen LogP contribution in [0.25, 0.3) is 11.1 Å². The average molecular weight is 391 g/mol.